The van der Waals surface area contributed by atoms with Crippen molar-refractivity contribution >= 4 is 17.5 Å². The van der Waals surface area contributed by atoms with Crippen LogP contribution in [-0.4, -0.2) is 53.3 Å². The molecule has 0 aliphatic carbocycles. The average molecular weight is 262 g/mol. The molecule has 0 unspecified atom stereocenters. The molecule has 0 spiro atoms. The Morgan fingerprint density at radius 3 is 2.63 bits per heavy atom. The molecule has 102 valence electrons. The fraction of sp³-hybridized carbons (Fsp3) is 0.462. The molecule has 1 N–H and O–H groups in total. The number of anilines is 1. The Kier molecular flexibility index (Phi) is 3.99. The molecule has 2 amide bonds. The number of hydrogen-bond donors (Lipinski definition) is 1. The Labute approximate surface area is 112 Å². The van der Waals surface area contributed by atoms with Crippen molar-refractivity contribution in [3.05, 3.63) is 24.0 Å². The van der Waals surface area contributed by atoms with Gasteiger partial charge in [-0.15, -0.1) is 0 Å². The van der Waals surface area contributed by atoms with E-state index in [2.05, 4.69) is 10.3 Å². The Balaban J connectivity index is 2.07. The van der Waals surface area contributed by atoms with Crippen LogP contribution in [0.15, 0.2) is 18.3 Å². The Morgan fingerprint density at radius 1 is 1.26 bits per heavy atom. The van der Waals surface area contributed by atoms with Crippen LogP contribution in [0.2, 0.25) is 0 Å². The summed E-state index contributed by atoms with van der Waals surface area (Å²) in [5.74, 6) is -0.858. The summed E-state index contributed by atoms with van der Waals surface area (Å²) in [7, 11) is 1.83. The maximum atomic E-state index is 11.9. The predicted molar refractivity (Wildman–Crippen MR) is 71.5 cm³/mol. The zero-order valence-corrected chi connectivity index (χ0v) is 11.2. The quantitative estimate of drug-likeness (QED) is 0.793. The molecule has 2 rings (SSSR count). The third kappa shape index (κ3) is 2.83. The summed E-state index contributed by atoms with van der Waals surface area (Å²) in [6.45, 7) is 3.97. The SMILES string of the molecule is CCN1CCN(Cc2cc(NC)ccn2)C(=O)C1=O. The van der Waals surface area contributed by atoms with Gasteiger partial charge >= 0.3 is 11.8 Å². The zero-order chi connectivity index (χ0) is 13.8. The van der Waals surface area contributed by atoms with E-state index >= 15 is 0 Å². The molecule has 1 aromatic rings. The van der Waals surface area contributed by atoms with Crippen LogP contribution in [0.4, 0.5) is 5.69 Å². The van der Waals surface area contributed by atoms with Gasteiger partial charge in [0.1, 0.15) is 0 Å². The first kappa shape index (κ1) is 13.3. The first-order chi connectivity index (χ1) is 9.15. The lowest BCUT2D eigenvalue weighted by Crippen LogP contribution is -2.53. The van der Waals surface area contributed by atoms with Crippen LogP contribution >= 0.6 is 0 Å². The number of amides is 2. The molecule has 1 aromatic heterocycles. The van der Waals surface area contributed by atoms with Gasteiger partial charge in [0, 0.05) is 38.6 Å². The molecule has 0 atom stereocenters. The van der Waals surface area contributed by atoms with Crippen molar-refractivity contribution in [2.45, 2.75) is 13.5 Å². The standard InChI is InChI=1S/C13H18N4O2/c1-3-16-6-7-17(13(19)12(16)18)9-11-8-10(14-2)4-5-15-11/h4-5,8H,3,6-7,9H2,1-2H3,(H,14,15). The monoisotopic (exact) mass is 262 g/mol. The van der Waals surface area contributed by atoms with Crippen molar-refractivity contribution < 1.29 is 9.59 Å². The number of carbonyl (C=O) groups excluding carboxylic acids is 2. The third-order valence-electron chi connectivity index (χ3n) is 3.24. The average Bonchev–Trinajstić information content (AvgIpc) is 2.44. The minimum Gasteiger partial charge on any atom is -0.388 e. The fourth-order valence-corrected chi connectivity index (χ4v) is 2.08. The molecule has 2 heterocycles. The smallest absolute Gasteiger partial charge is 0.312 e. The molecule has 19 heavy (non-hydrogen) atoms. The molecule has 1 aliphatic heterocycles. The van der Waals surface area contributed by atoms with Crippen LogP contribution < -0.4 is 5.32 Å². The summed E-state index contributed by atoms with van der Waals surface area (Å²) in [6.07, 6.45) is 1.69. The summed E-state index contributed by atoms with van der Waals surface area (Å²) in [5.41, 5.74) is 1.72. The highest BCUT2D eigenvalue weighted by Crippen LogP contribution is 2.12. The van der Waals surface area contributed by atoms with Gasteiger partial charge in [0.25, 0.3) is 0 Å². The Morgan fingerprint density at radius 2 is 1.95 bits per heavy atom. The van der Waals surface area contributed by atoms with Crippen LogP contribution in [0.5, 0.6) is 0 Å². The largest absolute Gasteiger partial charge is 0.388 e. The van der Waals surface area contributed by atoms with E-state index < -0.39 is 11.8 Å². The summed E-state index contributed by atoms with van der Waals surface area (Å²) in [4.78, 5) is 31.1. The molecule has 0 aromatic carbocycles. The first-order valence-electron chi connectivity index (χ1n) is 6.36. The molecule has 1 fully saturated rings. The lowest BCUT2D eigenvalue weighted by atomic mass is 10.2. The van der Waals surface area contributed by atoms with Crippen molar-refractivity contribution in [2.75, 3.05) is 32.0 Å². The highest BCUT2D eigenvalue weighted by Gasteiger charge is 2.31. The number of piperazine rings is 1. The van der Waals surface area contributed by atoms with Gasteiger partial charge in [-0.1, -0.05) is 0 Å². The van der Waals surface area contributed by atoms with Gasteiger partial charge in [-0.05, 0) is 19.1 Å². The Hall–Kier alpha value is -2.11. The first-order valence-corrected chi connectivity index (χ1v) is 6.36. The molecule has 0 radical (unpaired) electrons. The zero-order valence-electron chi connectivity index (χ0n) is 11.2. The van der Waals surface area contributed by atoms with E-state index in [1.807, 2.05) is 26.1 Å². The van der Waals surface area contributed by atoms with Gasteiger partial charge in [0.2, 0.25) is 0 Å². The van der Waals surface area contributed by atoms with E-state index in [9.17, 15) is 9.59 Å². The second-order valence-corrected chi connectivity index (χ2v) is 4.40. The van der Waals surface area contributed by atoms with Gasteiger partial charge in [-0.3, -0.25) is 14.6 Å². The number of pyridine rings is 1. The highest BCUT2D eigenvalue weighted by atomic mass is 16.2. The van der Waals surface area contributed by atoms with E-state index in [0.29, 0.717) is 26.2 Å². The molecule has 0 bridgehead atoms. The van der Waals surface area contributed by atoms with Crippen molar-refractivity contribution in [1.82, 2.24) is 14.8 Å². The number of aromatic nitrogens is 1. The number of nitrogens with one attached hydrogen (secondary N) is 1. The van der Waals surface area contributed by atoms with E-state index in [1.165, 1.54) is 0 Å². The van der Waals surface area contributed by atoms with Gasteiger partial charge in [0.15, 0.2) is 0 Å². The molecule has 6 nitrogen and oxygen atoms in total. The maximum Gasteiger partial charge on any atom is 0.312 e. The highest BCUT2D eigenvalue weighted by molar-refractivity contribution is 6.35. The number of likely N-dealkylation sites (N-methyl/N-ethyl adjacent to an activating group) is 1. The van der Waals surface area contributed by atoms with Crippen LogP contribution in [0.3, 0.4) is 0 Å². The van der Waals surface area contributed by atoms with Gasteiger partial charge < -0.3 is 15.1 Å². The lowest BCUT2D eigenvalue weighted by molar-refractivity contribution is -0.156. The van der Waals surface area contributed by atoms with Crippen molar-refractivity contribution in [3.8, 4) is 0 Å². The molecule has 1 aliphatic rings. The Bertz CT molecular complexity index is 489. The van der Waals surface area contributed by atoms with E-state index in [0.717, 1.165) is 11.4 Å². The minimum atomic E-state index is -0.440. The van der Waals surface area contributed by atoms with Crippen molar-refractivity contribution in [2.24, 2.45) is 0 Å². The van der Waals surface area contributed by atoms with Crippen LogP contribution in [0, 0.1) is 0 Å². The van der Waals surface area contributed by atoms with Gasteiger partial charge in [0.05, 0.1) is 12.2 Å². The number of nitrogens with zero attached hydrogens (tertiary/aromatic N) is 3. The molecular formula is C13H18N4O2. The molecule has 6 heteroatoms. The van der Waals surface area contributed by atoms with E-state index in [1.54, 1.807) is 16.0 Å². The summed E-state index contributed by atoms with van der Waals surface area (Å²) < 4.78 is 0. The predicted octanol–water partition coefficient (Wildman–Crippen LogP) is 0.314. The fourth-order valence-electron chi connectivity index (χ4n) is 2.08. The topological polar surface area (TPSA) is 65.5 Å². The second-order valence-electron chi connectivity index (χ2n) is 4.40. The summed E-state index contributed by atoms with van der Waals surface area (Å²) in [6, 6.07) is 3.73. The summed E-state index contributed by atoms with van der Waals surface area (Å²) >= 11 is 0. The van der Waals surface area contributed by atoms with Gasteiger partial charge in [-0.2, -0.15) is 0 Å². The van der Waals surface area contributed by atoms with Crippen LogP contribution in [0.25, 0.3) is 0 Å². The van der Waals surface area contributed by atoms with Gasteiger partial charge in [-0.25, -0.2) is 0 Å². The number of rotatable bonds is 4. The number of hydrogen-bond acceptors (Lipinski definition) is 4. The lowest BCUT2D eigenvalue weighted by Gasteiger charge is -2.32. The molecular weight excluding hydrogens is 244 g/mol. The second kappa shape index (κ2) is 5.69. The van der Waals surface area contributed by atoms with E-state index in [4.69, 9.17) is 0 Å². The minimum absolute atomic E-state index is 0.373. The van der Waals surface area contributed by atoms with Crippen LogP contribution in [-0.2, 0) is 16.1 Å². The van der Waals surface area contributed by atoms with Crippen molar-refractivity contribution in [3.63, 3.8) is 0 Å². The maximum absolute atomic E-state index is 11.9. The summed E-state index contributed by atoms with van der Waals surface area (Å²) in [5, 5.41) is 3.02. The molecule has 0 saturated carbocycles. The third-order valence-corrected chi connectivity index (χ3v) is 3.24. The van der Waals surface area contributed by atoms with Crippen molar-refractivity contribution in [1.29, 1.82) is 0 Å². The number of carbonyl (C=O) groups is 2. The van der Waals surface area contributed by atoms with Crippen LogP contribution in [0.1, 0.15) is 12.6 Å². The normalized spacial score (nSPS) is 15.9. The molecule has 1 saturated heterocycles. The van der Waals surface area contributed by atoms with E-state index in [-0.39, 0.29) is 0 Å².